The Hall–Kier alpha value is -3.77. The minimum Gasteiger partial charge on any atom is -0.508 e. The summed E-state index contributed by atoms with van der Waals surface area (Å²) in [5.41, 5.74) is 2.65. The summed E-state index contributed by atoms with van der Waals surface area (Å²) in [4.78, 5) is 4.76. The van der Waals surface area contributed by atoms with Crippen LogP contribution >= 0.6 is 11.3 Å². The molecule has 1 aromatic heterocycles. The zero-order valence-corrected chi connectivity index (χ0v) is 18.5. The number of hydrogen-bond acceptors (Lipinski definition) is 6. The lowest BCUT2D eigenvalue weighted by Crippen LogP contribution is -2.13. The Morgan fingerprint density at radius 2 is 1.66 bits per heavy atom. The van der Waals surface area contributed by atoms with Gasteiger partial charge in [-0.05, 0) is 46.7 Å². The summed E-state index contributed by atoms with van der Waals surface area (Å²) < 4.78 is 12.1. The van der Waals surface area contributed by atoms with Gasteiger partial charge in [0, 0.05) is 5.56 Å². The lowest BCUT2D eigenvalue weighted by atomic mass is 9.92. The van der Waals surface area contributed by atoms with E-state index in [1.54, 1.807) is 31.6 Å². The molecule has 1 unspecified atom stereocenters. The minimum absolute atomic E-state index is 0.220. The zero-order valence-electron chi connectivity index (χ0n) is 17.7. The largest absolute Gasteiger partial charge is 0.508 e. The number of methoxy groups -OCH3 is 2. The molecule has 0 radical (unpaired) electrons. The molecule has 1 heterocycles. The average Bonchev–Trinajstić information content (AvgIpc) is 3.25. The van der Waals surface area contributed by atoms with E-state index >= 15 is 0 Å². The highest BCUT2D eigenvalue weighted by Crippen LogP contribution is 2.41. The number of benzene rings is 4. The van der Waals surface area contributed by atoms with Crippen LogP contribution in [0.15, 0.2) is 78.9 Å². The van der Waals surface area contributed by atoms with Crippen LogP contribution in [0.5, 0.6) is 17.2 Å². The fraction of sp³-hybridized carbons (Fsp3) is 0.115. The Labute approximate surface area is 189 Å². The number of anilines is 1. The van der Waals surface area contributed by atoms with Gasteiger partial charge in [-0.1, -0.05) is 59.9 Å². The number of nitrogens with zero attached hydrogens (tertiary/aromatic N) is 1. The van der Waals surface area contributed by atoms with E-state index in [1.807, 2.05) is 66.7 Å². The number of aromatic nitrogens is 1. The maximum atomic E-state index is 11.0. The molecule has 0 aliphatic rings. The third-order valence-electron chi connectivity index (χ3n) is 5.54. The summed E-state index contributed by atoms with van der Waals surface area (Å²) in [6.07, 6.45) is 0. The minimum atomic E-state index is -0.360. The van der Waals surface area contributed by atoms with Gasteiger partial charge in [0.25, 0.3) is 0 Å². The molecular formula is C26H22N2O3S. The molecule has 5 nitrogen and oxygen atoms in total. The first-order valence-electron chi connectivity index (χ1n) is 10.2. The van der Waals surface area contributed by atoms with E-state index in [9.17, 15) is 5.11 Å². The predicted octanol–water partition coefficient (Wildman–Crippen LogP) is 6.37. The number of phenolic OH excluding ortho intramolecular Hbond substituents is 1. The van der Waals surface area contributed by atoms with Crippen molar-refractivity contribution in [3.8, 4) is 17.2 Å². The van der Waals surface area contributed by atoms with Crippen molar-refractivity contribution in [2.75, 3.05) is 19.5 Å². The van der Waals surface area contributed by atoms with Crippen molar-refractivity contribution in [3.05, 3.63) is 90.0 Å². The maximum Gasteiger partial charge on any atom is 0.184 e. The van der Waals surface area contributed by atoms with E-state index < -0.39 is 0 Å². The third-order valence-corrected chi connectivity index (χ3v) is 6.51. The second-order valence-corrected chi connectivity index (χ2v) is 8.43. The van der Waals surface area contributed by atoms with Gasteiger partial charge in [-0.3, -0.25) is 0 Å². The number of para-hydroxylation sites is 1. The molecule has 0 spiro atoms. The first kappa shape index (κ1) is 20.2. The van der Waals surface area contributed by atoms with Gasteiger partial charge in [0.1, 0.15) is 5.75 Å². The molecular weight excluding hydrogens is 420 g/mol. The van der Waals surface area contributed by atoms with Gasteiger partial charge < -0.3 is 19.9 Å². The van der Waals surface area contributed by atoms with Crippen LogP contribution in [-0.2, 0) is 0 Å². The SMILES string of the molecule is COc1ccc(C(Nc2nc3ccccc3s2)c2c(O)ccc3ccccc23)cc1OC. The monoisotopic (exact) mass is 442 g/mol. The van der Waals surface area contributed by atoms with E-state index in [4.69, 9.17) is 14.5 Å². The van der Waals surface area contributed by atoms with Crippen LogP contribution in [-0.4, -0.2) is 24.3 Å². The fourth-order valence-electron chi connectivity index (χ4n) is 4.00. The molecule has 0 saturated heterocycles. The molecule has 4 aromatic carbocycles. The summed E-state index contributed by atoms with van der Waals surface area (Å²) in [6.45, 7) is 0. The quantitative estimate of drug-likeness (QED) is 0.320. The highest BCUT2D eigenvalue weighted by Gasteiger charge is 2.23. The highest BCUT2D eigenvalue weighted by atomic mass is 32.1. The molecule has 2 N–H and O–H groups in total. The molecule has 1 atom stereocenters. The van der Waals surface area contributed by atoms with Crippen LogP contribution < -0.4 is 14.8 Å². The number of ether oxygens (including phenoxy) is 2. The summed E-state index contributed by atoms with van der Waals surface area (Å²) in [5.74, 6) is 1.50. The summed E-state index contributed by atoms with van der Waals surface area (Å²) in [6, 6.07) is 25.2. The molecule has 0 aliphatic carbocycles. The molecule has 0 amide bonds. The van der Waals surface area contributed by atoms with E-state index in [0.717, 1.165) is 37.2 Å². The van der Waals surface area contributed by atoms with Gasteiger partial charge >= 0.3 is 0 Å². The van der Waals surface area contributed by atoms with Crippen molar-refractivity contribution in [2.45, 2.75) is 6.04 Å². The van der Waals surface area contributed by atoms with E-state index in [0.29, 0.717) is 11.5 Å². The number of thiazole rings is 1. The highest BCUT2D eigenvalue weighted by molar-refractivity contribution is 7.22. The average molecular weight is 443 g/mol. The molecule has 0 fully saturated rings. The number of phenols is 1. The van der Waals surface area contributed by atoms with Crippen molar-refractivity contribution in [1.29, 1.82) is 0 Å². The Kier molecular flexibility index (Phi) is 5.29. The molecule has 6 heteroatoms. The lowest BCUT2D eigenvalue weighted by Gasteiger charge is -2.23. The Bertz CT molecular complexity index is 1380. The molecule has 5 rings (SSSR count). The molecule has 0 aliphatic heterocycles. The zero-order chi connectivity index (χ0) is 22.1. The van der Waals surface area contributed by atoms with Crippen LogP contribution in [0, 0.1) is 0 Å². The van der Waals surface area contributed by atoms with Crippen molar-refractivity contribution in [1.82, 2.24) is 4.98 Å². The molecule has 0 bridgehead atoms. The van der Waals surface area contributed by atoms with E-state index in [2.05, 4.69) is 11.4 Å². The second kappa shape index (κ2) is 8.40. The standard InChI is InChI=1S/C26H22N2O3S/c1-30-21-14-12-17(15-22(21)31-2)25(28-26-27-19-9-5-6-10-23(19)32-26)24-18-8-4-3-7-16(18)11-13-20(24)29/h3-15,25,29H,1-2H3,(H,27,28). The molecule has 32 heavy (non-hydrogen) atoms. The number of nitrogens with one attached hydrogen (secondary N) is 1. The summed E-state index contributed by atoms with van der Waals surface area (Å²) in [7, 11) is 3.23. The maximum absolute atomic E-state index is 11.0. The normalized spacial score (nSPS) is 12.1. The fourth-order valence-corrected chi connectivity index (χ4v) is 4.89. The summed E-state index contributed by atoms with van der Waals surface area (Å²) in [5, 5.41) is 17.3. The molecule has 5 aromatic rings. The van der Waals surface area contributed by atoms with Gasteiger partial charge in [0.15, 0.2) is 16.6 Å². The van der Waals surface area contributed by atoms with Crippen LogP contribution in [0.3, 0.4) is 0 Å². The van der Waals surface area contributed by atoms with Gasteiger partial charge in [-0.15, -0.1) is 0 Å². The van der Waals surface area contributed by atoms with Gasteiger partial charge in [-0.2, -0.15) is 0 Å². The van der Waals surface area contributed by atoms with Crippen molar-refractivity contribution < 1.29 is 14.6 Å². The van der Waals surface area contributed by atoms with Gasteiger partial charge in [-0.25, -0.2) is 4.98 Å². The van der Waals surface area contributed by atoms with Crippen LogP contribution in [0.4, 0.5) is 5.13 Å². The first-order chi connectivity index (χ1) is 15.7. The molecule has 0 saturated carbocycles. The van der Waals surface area contributed by atoms with Crippen molar-refractivity contribution >= 4 is 37.5 Å². The predicted molar refractivity (Wildman–Crippen MR) is 130 cm³/mol. The number of hydrogen-bond donors (Lipinski definition) is 2. The third kappa shape index (κ3) is 3.59. The van der Waals surface area contributed by atoms with E-state index in [-0.39, 0.29) is 11.8 Å². The van der Waals surface area contributed by atoms with Crippen LogP contribution in [0.1, 0.15) is 17.2 Å². The summed E-state index contributed by atoms with van der Waals surface area (Å²) >= 11 is 1.58. The smallest absolute Gasteiger partial charge is 0.184 e. The van der Waals surface area contributed by atoms with Crippen molar-refractivity contribution in [2.24, 2.45) is 0 Å². The number of fused-ring (bicyclic) bond motifs is 2. The Morgan fingerprint density at radius 1 is 0.875 bits per heavy atom. The second-order valence-electron chi connectivity index (χ2n) is 7.40. The Balaban J connectivity index is 1.70. The number of rotatable bonds is 6. The Morgan fingerprint density at radius 3 is 2.47 bits per heavy atom. The van der Waals surface area contributed by atoms with Crippen LogP contribution in [0.2, 0.25) is 0 Å². The van der Waals surface area contributed by atoms with Crippen LogP contribution in [0.25, 0.3) is 21.0 Å². The van der Waals surface area contributed by atoms with E-state index in [1.165, 1.54) is 0 Å². The number of aromatic hydroxyl groups is 1. The van der Waals surface area contributed by atoms with Gasteiger partial charge in [0.2, 0.25) is 0 Å². The van der Waals surface area contributed by atoms with Crippen molar-refractivity contribution in [3.63, 3.8) is 0 Å². The van der Waals surface area contributed by atoms with Gasteiger partial charge in [0.05, 0.1) is 30.5 Å². The lowest BCUT2D eigenvalue weighted by molar-refractivity contribution is 0.354. The molecule has 160 valence electrons. The first-order valence-corrected chi connectivity index (χ1v) is 11.0. The topological polar surface area (TPSA) is 63.6 Å².